The minimum absolute atomic E-state index is 0.227. The van der Waals surface area contributed by atoms with Crippen LogP contribution in [0.5, 0.6) is 0 Å². The number of nitrogens with two attached hydrogens (primary N) is 1. The molecule has 1 aliphatic rings. The molecule has 2 heteroatoms. The average Bonchev–Trinajstić information content (AvgIpc) is 2.51. The summed E-state index contributed by atoms with van der Waals surface area (Å²) >= 11 is 0. The van der Waals surface area contributed by atoms with Crippen LogP contribution in [0, 0.1) is 0 Å². The highest BCUT2D eigenvalue weighted by molar-refractivity contribution is 5.31. The first-order valence-electron chi connectivity index (χ1n) is 7.91. The van der Waals surface area contributed by atoms with E-state index in [1.54, 1.807) is 0 Å². The predicted molar refractivity (Wildman–Crippen MR) is 87.8 cm³/mol. The highest BCUT2D eigenvalue weighted by Crippen LogP contribution is 2.47. The average molecular weight is 280 g/mol. The van der Waals surface area contributed by atoms with Gasteiger partial charge in [-0.2, -0.15) is 0 Å². The molecule has 3 rings (SSSR count). The fourth-order valence-electron chi connectivity index (χ4n) is 3.64. The molecule has 0 spiro atoms. The zero-order chi connectivity index (χ0) is 14.5. The quantitative estimate of drug-likeness (QED) is 0.627. The number of aryl methyl sites for hydroxylation is 1. The Bertz CT molecular complexity index is 546. The number of hydrogen-bond acceptors (Lipinski definition) is 2. The molecule has 21 heavy (non-hydrogen) atoms. The second-order valence-electron chi connectivity index (χ2n) is 6.12. The highest BCUT2D eigenvalue weighted by atomic mass is 15.2. The van der Waals surface area contributed by atoms with E-state index in [1.807, 2.05) is 0 Å². The standard InChI is InChI=1S/C19H24N2/c20-21-18(13-12-16-8-3-1-4-9-16)19(14-7-15-19)17-10-5-2-6-11-17/h1-6,8-11,18,21H,7,12-15,20H2. The predicted octanol–water partition coefficient (Wildman–Crippen LogP) is 3.57. The van der Waals surface area contributed by atoms with Crippen molar-refractivity contribution < 1.29 is 0 Å². The lowest BCUT2D eigenvalue weighted by Gasteiger charge is -2.48. The summed E-state index contributed by atoms with van der Waals surface area (Å²) in [6.07, 6.45) is 5.93. The summed E-state index contributed by atoms with van der Waals surface area (Å²) in [5, 5.41) is 0. The molecule has 1 unspecified atom stereocenters. The molecule has 0 bridgehead atoms. The van der Waals surface area contributed by atoms with Crippen molar-refractivity contribution in [2.24, 2.45) is 5.84 Å². The van der Waals surface area contributed by atoms with Crippen molar-refractivity contribution in [2.75, 3.05) is 0 Å². The Morgan fingerprint density at radius 1 is 0.952 bits per heavy atom. The lowest BCUT2D eigenvalue weighted by atomic mass is 9.59. The van der Waals surface area contributed by atoms with Gasteiger partial charge in [0, 0.05) is 11.5 Å². The fraction of sp³-hybridized carbons (Fsp3) is 0.368. The highest BCUT2D eigenvalue weighted by Gasteiger charge is 2.44. The molecule has 0 aliphatic heterocycles. The Morgan fingerprint density at radius 3 is 2.10 bits per heavy atom. The van der Waals surface area contributed by atoms with E-state index in [2.05, 4.69) is 66.1 Å². The monoisotopic (exact) mass is 280 g/mol. The van der Waals surface area contributed by atoms with Crippen LogP contribution >= 0.6 is 0 Å². The zero-order valence-corrected chi connectivity index (χ0v) is 12.5. The van der Waals surface area contributed by atoms with Crippen LogP contribution < -0.4 is 11.3 Å². The molecule has 0 radical (unpaired) electrons. The van der Waals surface area contributed by atoms with Gasteiger partial charge in [0.1, 0.15) is 0 Å². The molecule has 1 fully saturated rings. The zero-order valence-electron chi connectivity index (χ0n) is 12.5. The molecule has 2 aromatic carbocycles. The van der Waals surface area contributed by atoms with Crippen molar-refractivity contribution in [1.29, 1.82) is 0 Å². The van der Waals surface area contributed by atoms with Crippen LogP contribution in [-0.4, -0.2) is 6.04 Å². The topological polar surface area (TPSA) is 38.0 Å². The molecular formula is C19H24N2. The lowest BCUT2D eigenvalue weighted by molar-refractivity contribution is 0.162. The summed E-state index contributed by atoms with van der Waals surface area (Å²) < 4.78 is 0. The molecule has 3 N–H and O–H groups in total. The Hall–Kier alpha value is -1.64. The van der Waals surface area contributed by atoms with Crippen LogP contribution in [0.2, 0.25) is 0 Å². The number of hydrogen-bond donors (Lipinski definition) is 2. The Labute approximate surface area is 127 Å². The molecule has 2 aromatic rings. The maximum Gasteiger partial charge on any atom is 0.0310 e. The summed E-state index contributed by atoms with van der Waals surface area (Å²) in [5.41, 5.74) is 6.17. The Morgan fingerprint density at radius 2 is 1.57 bits per heavy atom. The summed E-state index contributed by atoms with van der Waals surface area (Å²) in [4.78, 5) is 0. The van der Waals surface area contributed by atoms with Gasteiger partial charge in [-0.25, -0.2) is 0 Å². The van der Waals surface area contributed by atoms with Gasteiger partial charge < -0.3 is 0 Å². The van der Waals surface area contributed by atoms with E-state index in [-0.39, 0.29) is 5.41 Å². The van der Waals surface area contributed by atoms with Crippen molar-refractivity contribution in [1.82, 2.24) is 5.43 Å². The van der Waals surface area contributed by atoms with Crippen LogP contribution in [0.4, 0.5) is 0 Å². The minimum Gasteiger partial charge on any atom is -0.271 e. The van der Waals surface area contributed by atoms with Crippen molar-refractivity contribution in [3.63, 3.8) is 0 Å². The first kappa shape index (κ1) is 14.3. The van der Waals surface area contributed by atoms with E-state index in [4.69, 9.17) is 5.84 Å². The van der Waals surface area contributed by atoms with Gasteiger partial charge in [-0.05, 0) is 36.8 Å². The van der Waals surface area contributed by atoms with Gasteiger partial charge in [-0.3, -0.25) is 11.3 Å². The normalized spacial score (nSPS) is 18.0. The third-order valence-corrected chi connectivity index (χ3v) is 5.03. The second-order valence-corrected chi connectivity index (χ2v) is 6.12. The van der Waals surface area contributed by atoms with Gasteiger partial charge >= 0.3 is 0 Å². The number of hydrazine groups is 1. The van der Waals surface area contributed by atoms with E-state index in [9.17, 15) is 0 Å². The fourth-order valence-corrected chi connectivity index (χ4v) is 3.64. The largest absolute Gasteiger partial charge is 0.271 e. The SMILES string of the molecule is NNC(CCc1ccccc1)C1(c2ccccc2)CCC1. The molecule has 0 aromatic heterocycles. The van der Waals surface area contributed by atoms with Gasteiger partial charge in [0.05, 0.1) is 0 Å². The maximum atomic E-state index is 5.92. The van der Waals surface area contributed by atoms with Crippen LogP contribution in [-0.2, 0) is 11.8 Å². The van der Waals surface area contributed by atoms with Gasteiger partial charge in [0.15, 0.2) is 0 Å². The summed E-state index contributed by atoms with van der Waals surface area (Å²) in [5.74, 6) is 5.92. The number of rotatable bonds is 6. The molecule has 110 valence electrons. The molecule has 0 amide bonds. The smallest absolute Gasteiger partial charge is 0.0310 e. The Kier molecular flexibility index (Phi) is 4.37. The summed E-state index contributed by atoms with van der Waals surface area (Å²) in [6.45, 7) is 0. The summed E-state index contributed by atoms with van der Waals surface area (Å²) in [6, 6.07) is 21.9. The lowest BCUT2D eigenvalue weighted by Crippen LogP contribution is -2.55. The van der Waals surface area contributed by atoms with E-state index < -0.39 is 0 Å². The first-order chi connectivity index (χ1) is 10.3. The molecule has 1 saturated carbocycles. The molecule has 0 saturated heterocycles. The van der Waals surface area contributed by atoms with Crippen molar-refractivity contribution in [3.8, 4) is 0 Å². The maximum absolute atomic E-state index is 5.92. The van der Waals surface area contributed by atoms with Crippen LogP contribution in [0.15, 0.2) is 60.7 Å². The minimum atomic E-state index is 0.227. The first-order valence-corrected chi connectivity index (χ1v) is 7.91. The summed E-state index contributed by atoms with van der Waals surface area (Å²) in [7, 11) is 0. The molecule has 1 aliphatic carbocycles. The van der Waals surface area contributed by atoms with Gasteiger partial charge in [-0.15, -0.1) is 0 Å². The number of benzene rings is 2. The van der Waals surface area contributed by atoms with Crippen LogP contribution in [0.25, 0.3) is 0 Å². The number of nitrogens with one attached hydrogen (secondary N) is 1. The van der Waals surface area contributed by atoms with Gasteiger partial charge in [-0.1, -0.05) is 67.1 Å². The van der Waals surface area contributed by atoms with Gasteiger partial charge in [0.2, 0.25) is 0 Å². The molecule has 0 heterocycles. The van der Waals surface area contributed by atoms with Crippen LogP contribution in [0.3, 0.4) is 0 Å². The van der Waals surface area contributed by atoms with Gasteiger partial charge in [0.25, 0.3) is 0 Å². The van der Waals surface area contributed by atoms with Crippen LogP contribution in [0.1, 0.15) is 36.8 Å². The van der Waals surface area contributed by atoms with E-state index in [1.165, 1.54) is 30.4 Å². The molecule has 1 atom stereocenters. The van der Waals surface area contributed by atoms with Crippen molar-refractivity contribution in [3.05, 3.63) is 71.8 Å². The van der Waals surface area contributed by atoms with Crippen molar-refractivity contribution in [2.45, 2.75) is 43.6 Å². The van der Waals surface area contributed by atoms with E-state index >= 15 is 0 Å². The third-order valence-electron chi connectivity index (χ3n) is 5.03. The second kappa shape index (κ2) is 6.42. The molecular weight excluding hydrogens is 256 g/mol. The third kappa shape index (κ3) is 2.87. The van der Waals surface area contributed by atoms with E-state index in [0.29, 0.717) is 6.04 Å². The van der Waals surface area contributed by atoms with E-state index in [0.717, 1.165) is 12.8 Å². The Balaban J connectivity index is 1.75. The van der Waals surface area contributed by atoms with Crippen molar-refractivity contribution >= 4 is 0 Å². The molecule has 2 nitrogen and oxygen atoms in total.